The minimum absolute atomic E-state index is 0. The highest BCUT2D eigenvalue weighted by Crippen LogP contribution is 2.42. The zero-order chi connectivity index (χ0) is 10.7. The molecule has 0 spiro atoms. The predicted octanol–water partition coefficient (Wildman–Crippen LogP) is 1.96. The van der Waals surface area contributed by atoms with E-state index in [-0.39, 0.29) is 24.4 Å². The van der Waals surface area contributed by atoms with Gasteiger partial charge in [0.1, 0.15) is 0 Å². The van der Waals surface area contributed by atoms with E-state index in [1.165, 1.54) is 17.7 Å². The van der Waals surface area contributed by atoms with Crippen LogP contribution < -0.4 is 10.6 Å². The van der Waals surface area contributed by atoms with Gasteiger partial charge in [0.05, 0.1) is 12.6 Å². The Morgan fingerprint density at radius 1 is 1.62 bits per heavy atom. The van der Waals surface area contributed by atoms with Crippen molar-refractivity contribution in [2.75, 3.05) is 13.6 Å². The molecule has 1 fully saturated rings. The van der Waals surface area contributed by atoms with Crippen LogP contribution in [0.4, 0.5) is 0 Å². The highest BCUT2D eigenvalue weighted by atomic mass is 35.5. The van der Waals surface area contributed by atoms with Crippen LogP contribution in [0.3, 0.4) is 0 Å². The van der Waals surface area contributed by atoms with E-state index in [1.54, 1.807) is 18.4 Å². The predicted molar refractivity (Wildman–Crippen MR) is 69.1 cm³/mol. The third-order valence-electron chi connectivity index (χ3n) is 2.60. The molecule has 1 aromatic rings. The lowest BCUT2D eigenvalue weighted by Crippen LogP contribution is -2.35. The highest BCUT2D eigenvalue weighted by Gasteiger charge is 2.33. The largest absolute Gasteiger partial charge is 0.347 e. The van der Waals surface area contributed by atoms with Gasteiger partial charge in [0.15, 0.2) is 0 Å². The van der Waals surface area contributed by atoms with Crippen LogP contribution in [0.2, 0.25) is 0 Å². The summed E-state index contributed by atoms with van der Waals surface area (Å²) in [6, 6.07) is 4.39. The Morgan fingerprint density at radius 2 is 2.38 bits per heavy atom. The number of thiophene rings is 1. The molecule has 1 amide bonds. The number of nitrogens with one attached hydrogen (secondary N) is 2. The standard InChI is InChI=1S/C11H16N2OS.ClH/c1-12-7-10(14)13-11(8-4-5-8)9-3-2-6-15-9;/h2-3,6,8,11-12H,4-5,7H2,1H3,(H,13,14);1H. The van der Waals surface area contributed by atoms with E-state index < -0.39 is 0 Å². The third-order valence-corrected chi connectivity index (χ3v) is 3.55. The van der Waals surface area contributed by atoms with E-state index in [0.717, 1.165) is 0 Å². The minimum Gasteiger partial charge on any atom is -0.347 e. The molecule has 1 aliphatic carbocycles. The Bertz CT molecular complexity index is 325. The molecule has 2 rings (SSSR count). The normalized spacial score (nSPS) is 16.3. The number of amides is 1. The maximum Gasteiger partial charge on any atom is 0.234 e. The van der Waals surface area contributed by atoms with Gasteiger partial charge in [0.2, 0.25) is 5.91 Å². The van der Waals surface area contributed by atoms with E-state index in [2.05, 4.69) is 22.1 Å². The number of halogens is 1. The fourth-order valence-corrected chi connectivity index (χ4v) is 2.57. The Balaban J connectivity index is 0.00000128. The van der Waals surface area contributed by atoms with Crippen LogP contribution in [0.15, 0.2) is 17.5 Å². The summed E-state index contributed by atoms with van der Waals surface area (Å²) in [4.78, 5) is 12.8. The zero-order valence-corrected chi connectivity index (χ0v) is 10.9. The van der Waals surface area contributed by atoms with Crippen LogP contribution >= 0.6 is 23.7 Å². The van der Waals surface area contributed by atoms with Gasteiger partial charge in [0.25, 0.3) is 0 Å². The molecule has 3 nitrogen and oxygen atoms in total. The maximum absolute atomic E-state index is 11.5. The second kappa shape index (κ2) is 6.23. The first kappa shape index (κ1) is 13.5. The average Bonchev–Trinajstić information content (AvgIpc) is 2.90. The van der Waals surface area contributed by atoms with Gasteiger partial charge in [-0.1, -0.05) is 6.07 Å². The molecule has 0 saturated heterocycles. The van der Waals surface area contributed by atoms with Crippen molar-refractivity contribution in [1.82, 2.24) is 10.6 Å². The van der Waals surface area contributed by atoms with Gasteiger partial charge in [-0.3, -0.25) is 4.79 Å². The lowest BCUT2D eigenvalue weighted by Gasteiger charge is -2.16. The lowest BCUT2D eigenvalue weighted by molar-refractivity contribution is -0.121. The highest BCUT2D eigenvalue weighted by molar-refractivity contribution is 7.10. The van der Waals surface area contributed by atoms with Gasteiger partial charge >= 0.3 is 0 Å². The van der Waals surface area contributed by atoms with Crippen molar-refractivity contribution in [3.63, 3.8) is 0 Å². The second-order valence-electron chi connectivity index (χ2n) is 3.93. The molecule has 0 aliphatic heterocycles. The molecule has 1 atom stereocenters. The van der Waals surface area contributed by atoms with Crippen molar-refractivity contribution in [2.45, 2.75) is 18.9 Å². The Kier molecular flexibility index (Phi) is 5.25. The molecule has 0 aromatic carbocycles. The zero-order valence-electron chi connectivity index (χ0n) is 9.23. The summed E-state index contributed by atoms with van der Waals surface area (Å²) >= 11 is 1.72. The number of carbonyl (C=O) groups excluding carboxylic acids is 1. The first-order chi connectivity index (χ1) is 7.31. The molecule has 0 bridgehead atoms. The Hall–Kier alpha value is -0.580. The number of hydrogen-bond donors (Lipinski definition) is 2. The van der Waals surface area contributed by atoms with Crippen molar-refractivity contribution in [2.24, 2.45) is 5.92 Å². The van der Waals surface area contributed by atoms with Gasteiger partial charge in [-0.05, 0) is 37.3 Å². The van der Waals surface area contributed by atoms with Gasteiger partial charge in [-0.2, -0.15) is 0 Å². The fourth-order valence-electron chi connectivity index (χ4n) is 1.70. The Labute approximate surface area is 106 Å². The topological polar surface area (TPSA) is 41.1 Å². The summed E-state index contributed by atoms with van der Waals surface area (Å²) in [5.41, 5.74) is 0. The average molecular weight is 261 g/mol. The van der Waals surface area contributed by atoms with Gasteiger partial charge in [0, 0.05) is 4.88 Å². The maximum atomic E-state index is 11.5. The summed E-state index contributed by atoms with van der Waals surface area (Å²) < 4.78 is 0. The molecule has 1 unspecified atom stereocenters. The Morgan fingerprint density at radius 3 is 2.88 bits per heavy atom. The molecular weight excluding hydrogens is 244 g/mol. The van der Waals surface area contributed by atoms with E-state index in [0.29, 0.717) is 12.5 Å². The summed E-state index contributed by atoms with van der Waals surface area (Å²) in [6.07, 6.45) is 2.48. The summed E-state index contributed by atoms with van der Waals surface area (Å²) in [5.74, 6) is 0.743. The van der Waals surface area contributed by atoms with Crippen LogP contribution in [0, 0.1) is 5.92 Å². The van der Waals surface area contributed by atoms with Crippen LogP contribution in [0.25, 0.3) is 0 Å². The van der Waals surface area contributed by atoms with Crippen molar-refractivity contribution in [3.05, 3.63) is 22.4 Å². The minimum atomic E-state index is 0. The van der Waals surface area contributed by atoms with E-state index in [9.17, 15) is 4.79 Å². The van der Waals surface area contributed by atoms with Crippen molar-refractivity contribution < 1.29 is 4.79 Å². The van der Waals surface area contributed by atoms with E-state index in [4.69, 9.17) is 0 Å². The van der Waals surface area contributed by atoms with Crippen LogP contribution in [0.1, 0.15) is 23.8 Å². The number of hydrogen-bond acceptors (Lipinski definition) is 3. The van der Waals surface area contributed by atoms with Crippen LogP contribution in [0.5, 0.6) is 0 Å². The van der Waals surface area contributed by atoms with Crippen molar-refractivity contribution in [1.29, 1.82) is 0 Å². The SMILES string of the molecule is CNCC(=O)NC(c1cccs1)C1CC1.Cl. The van der Waals surface area contributed by atoms with Crippen molar-refractivity contribution in [3.8, 4) is 0 Å². The van der Waals surface area contributed by atoms with E-state index in [1.807, 2.05) is 6.07 Å². The molecule has 1 heterocycles. The smallest absolute Gasteiger partial charge is 0.234 e. The molecule has 0 radical (unpaired) electrons. The molecular formula is C11H17ClN2OS. The molecule has 1 saturated carbocycles. The summed E-state index contributed by atoms with van der Waals surface area (Å²) in [5, 5.41) is 8.02. The second-order valence-corrected chi connectivity index (χ2v) is 4.91. The number of rotatable bonds is 5. The monoisotopic (exact) mass is 260 g/mol. The summed E-state index contributed by atoms with van der Waals surface area (Å²) in [7, 11) is 1.79. The number of likely N-dealkylation sites (N-methyl/N-ethyl adjacent to an activating group) is 1. The number of carbonyl (C=O) groups is 1. The van der Waals surface area contributed by atoms with Gasteiger partial charge < -0.3 is 10.6 Å². The third kappa shape index (κ3) is 3.47. The molecule has 16 heavy (non-hydrogen) atoms. The lowest BCUT2D eigenvalue weighted by atomic mass is 10.1. The van der Waals surface area contributed by atoms with Gasteiger partial charge in [-0.25, -0.2) is 0 Å². The first-order valence-electron chi connectivity index (χ1n) is 5.28. The molecule has 1 aliphatic rings. The van der Waals surface area contributed by atoms with E-state index >= 15 is 0 Å². The van der Waals surface area contributed by atoms with Crippen LogP contribution in [-0.4, -0.2) is 19.5 Å². The van der Waals surface area contributed by atoms with Gasteiger partial charge in [-0.15, -0.1) is 23.7 Å². The summed E-state index contributed by atoms with van der Waals surface area (Å²) in [6.45, 7) is 0.397. The molecule has 90 valence electrons. The molecule has 5 heteroatoms. The van der Waals surface area contributed by atoms with Crippen LogP contribution in [-0.2, 0) is 4.79 Å². The quantitative estimate of drug-likeness (QED) is 0.850. The fraction of sp³-hybridized carbons (Fsp3) is 0.545. The molecule has 2 N–H and O–H groups in total. The first-order valence-corrected chi connectivity index (χ1v) is 6.16. The van der Waals surface area contributed by atoms with Crippen molar-refractivity contribution >= 4 is 29.7 Å². The molecule has 1 aromatic heterocycles.